The van der Waals surface area contributed by atoms with Crippen molar-refractivity contribution in [2.45, 2.75) is 26.5 Å². The van der Waals surface area contributed by atoms with E-state index < -0.39 is 0 Å². The number of nitrogens with one attached hydrogen (secondary N) is 2. The smallest absolute Gasteiger partial charge is 0.191 e. The fraction of sp³-hybridized carbons (Fsp3) is 0.316. The summed E-state index contributed by atoms with van der Waals surface area (Å²) in [5.74, 6) is 1.70. The first kappa shape index (κ1) is 16.9. The molecule has 2 rings (SSSR count). The van der Waals surface area contributed by atoms with Crippen molar-refractivity contribution in [3.05, 3.63) is 65.7 Å². The molecule has 0 spiro atoms. The molecule has 0 saturated carbocycles. The quantitative estimate of drug-likeness (QED) is 0.636. The Morgan fingerprint density at radius 1 is 1.04 bits per heavy atom. The number of nitrogens with zero attached hydrogens (tertiary/aromatic N) is 1. The summed E-state index contributed by atoms with van der Waals surface area (Å²) in [6, 6.07) is 18.3. The van der Waals surface area contributed by atoms with Gasteiger partial charge in [-0.2, -0.15) is 0 Å². The molecule has 4 nitrogen and oxygen atoms in total. The van der Waals surface area contributed by atoms with Crippen LogP contribution in [0.5, 0.6) is 5.75 Å². The minimum atomic E-state index is 0.0476. The van der Waals surface area contributed by atoms with Crippen LogP contribution in [-0.4, -0.2) is 25.7 Å². The van der Waals surface area contributed by atoms with Crippen molar-refractivity contribution in [1.82, 2.24) is 10.6 Å². The Morgan fingerprint density at radius 2 is 1.74 bits per heavy atom. The molecule has 0 bridgehead atoms. The van der Waals surface area contributed by atoms with Crippen molar-refractivity contribution in [2.24, 2.45) is 4.99 Å². The largest absolute Gasteiger partial charge is 0.489 e. The summed E-state index contributed by atoms with van der Waals surface area (Å²) in [6.45, 7) is 5.52. The predicted molar refractivity (Wildman–Crippen MR) is 95.9 cm³/mol. The van der Waals surface area contributed by atoms with E-state index in [0.29, 0.717) is 6.54 Å². The van der Waals surface area contributed by atoms with Gasteiger partial charge >= 0.3 is 0 Å². The zero-order valence-electron chi connectivity index (χ0n) is 14.0. The SMILES string of the molecule is CN=C(NCc1ccccc1)NCC(C)Oc1ccccc1C. The number of hydrogen-bond donors (Lipinski definition) is 2. The van der Waals surface area contributed by atoms with E-state index in [1.54, 1.807) is 7.05 Å². The third-order valence-electron chi connectivity index (χ3n) is 3.51. The van der Waals surface area contributed by atoms with Crippen LogP contribution in [-0.2, 0) is 6.54 Å². The van der Waals surface area contributed by atoms with E-state index in [-0.39, 0.29) is 6.10 Å². The Morgan fingerprint density at radius 3 is 2.43 bits per heavy atom. The first-order valence-corrected chi connectivity index (χ1v) is 7.89. The van der Waals surface area contributed by atoms with Crippen LogP contribution in [0.25, 0.3) is 0 Å². The third kappa shape index (κ3) is 5.66. The lowest BCUT2D eigenvalue weighted by Crippen LogP contribution is -2.41. The molecule has 1 unspecified atom stereocenters. The summed E-state index contributed by atoms with van der Waals surface area (Å²) in [6.07, 6.45) is 0.0476. The summed E-state index contributed by atoms with van der Waals surface area (Å²) < 4.78 is 5.96. The summed E-state index contributed by atoms with van der Waals surface area (Å²) in [5.41, 5.74) is 2.37. The first-order valence-electron chi connectivity index (χ1n) is 7.89. The minimum Gasteiger partial charge on any atom is -0.489 e. The maximum atomic E-state index is 5.96. The van der Waals surface area contributed by atoms with Crippen molar-refractivity contribution < 1.29 is 4.74 Å². The van der Waals surface area contributed by atoms with Crippen LogP contribution < -0.4 is 15.4 Å². The monoisotopic (exact) mass is 311 g/mol. The molecule has 0 aliphatic heterocycles. The molecule has 0 aromatic heterocycles. The lowest BCUT2D eigenvalue weighted by atomic mass is 10.2. The van der Waals surface area contributed by atoms with Crippen LogP contribution in [0, 0.1) is 6.92 Å². The fourth-order valence-electron chi connectivity index (χ4n) is 2.19. The first-order chi connectivity index (χ1) is 11.2. The van der Waals surface area contributed by atoms with E-state index in [2.05, 4.69) is 40.7 Å². The van der Waals surface area contributed by atoms with Crippen LogP contribution >= 0.6 is 0 Å². The number of aliphatic imine (C=N–C) groups is 1. The van der Waals surface area contributed by atoms with Gasteiger partial charge in [0.05, 0.1) is 6.54 Å². The molecular weight excluding hydrogens is 286 g/mol. The average molecular weight is 311 g/mol. The van der Waals surface area contributed by atoms with E-state index in [9.17, 15) is 0 Å². The second kappa shape index (κ2) is 8.83. The van der Waals surface area contributed by atoms with Gasteiger partial charge in [-0.05, 0) is 31.0 Å². The zero-order chi connectivity index (χ0) is 16.5. The van der Waals surface area contributed by atoms with Gasteiger partial charge in [0, 0.05) is 13.6 Å². The van der Waals surface area contributed by atoms with Gasteiger partial charge < -0.3 is 15.4 Å². The molecule has 23 heavy (non-hydrogen) atoms. The van der Waals surface area contributed by atoms with E-state index >= 15 is 0 Å². The van der Waals surface area contributed by atoms with Crippen molar-refractivity contribution in [1.29, 1.82) is 0 Å². The standard InChI is InChI=1S/C19H25N3O/c1-15-9-7-8-12-18(15)23-16(2)13-21-19(20-3)22-14-17-10-5-4-6-11-17/h4-12,16H,13-14H2,1-3H3,(H2,20,21,22). The van der Waals surface area contributed by atoms with Gasteiger partial charge in [-0.15, -0.1) is 0 Å². The third-order valence-corrected chi connectivity index (χ3v) is 3.51. The predicted octanol–water partition coefficient (Wildman–Crippen LogP) is 3.13. The Hall–Kier alpha value is -2.49. The van der Waals surface area contributed by atoms with Gasteiger partial charge in [0.25, 0.3) is 0 Å². The summed E-state index contributed by atoms with van der Waals surface area (Å²) in [5, 5.41) is 6.59. The molecule has 2 aromatic carbocycles. The maximum absolute atomic E-state index is 5.96. The summed E-state index contributed by atoms with van der Waals surface area (Å²) >= 11 is 0. The molecule has 4 heteroatoms. The van der Waals surface area contributed by atoms with E-state index in [1.807, 2.05) is 43.3 Å². The molecule has 0 aliphatic carbocycles. The average Bonchev–Trinajstić information content (AvgIpc) is 2.58. The number of para-hydroxylation sites is 1. The van der Waals surface area contributed by atoms with Crippen LogP contribution in [0.4, 0.5) is 0 Å². The molecule has 122 valence electrons. The van der Waals surface area contributed by atoms with Gasteiger partial charge in [0.1, 0.15) is 11.9 Å². The molecule has 0 radical (unpaired) electrons. The number of ether oxygens (including phenoxy) is 1. The lowest BCUT2D eigenvalue weighted by Gasteiger charge is -2.18. The van der Waals surface area contributed by atoms with Gasteiger partial charge in [-0.25, -0.2) is 0 Å². The molecule has 1 atom stereocenters. The zero-order valence-corrected chi connectivity index (χ0v) is 14.0. The topological polar surface area (TPSA) is 45.7 Å². The van der Waals surface area contributed by atoms with E-state index in [1.165, 1.54) is 5.56 Å². The van der Waals surface area contributed by atoms with E-state index in [0.717, 1.165) is 23.8 Å². The highest BCUT2D eigenvalue weighted by Gasteiger charge is 2.07. The van der Waals surface area contributed by atoms with E-state index in [4.69, 9.17) is 4.74 Å². The lowest BCUT2D eigenvalue weighted by molar-refractivity contribution is 0.222. The van der Waals surface area contributed by atoms with Gasteiger partial charge in [0.15, 0.2) is 5.96 Å². The van der Waals surface area contributed by atoms with Gasteiger partial charge in [-0.3, -0.25) is 4.99 Å². The number of rotatable bonds is 6. The second-order valence-electron chi connectivity index (χ2n) is 5.49. The molecule has 0 heterocycles. The second-order valence-corrected chi connectivity index (χ2v) is 5.49. The molecule has 2 aromatic rings. The Balaban J connectivity index is 1.78. The molecule has 2 N–H and O–H groups in total. The van der Waals surface area contributed by atoms with Crippen LogP contribution in [0.3, 0.4) is 0 Å². The Labute approximate surface area is 138 Å². The fourth-order valence-corrected chi connectivity index (χ4v) is 2.19. The van der Waals surface area contributed by atoms with Crippen molar-refractivity contribution in [3.63, 3.8) is 0 Å². The van der Waals surface area contributed by atoms with Crippen molar-refractivity contribution in [2.75, 3.05) is 13.6 Å². The molecular formula is C19H25N3O. The molecule has 0 aliphatic rings. The molecule has 0 amide bonds. The van der Waals surface area contributed by atoms with Crippen molar-refractivity contribution >= 4 is 5.96 Å². The van der Waals surface area contributed by atoms with Crippen LogP contribution in [0.15, 0.2) is 59.6 Å². The summed E-state index contributed by atoms with van der Waals surface area (Å²) in [4.78, 5) is 4.24. The van der Waals surface area contributed by atoms with Gasteiger partial charge in [-0.1, -0.05) is 48.5 Å². The highest BCUT2D eigenvalue weighted by Crippen LogP contribution is 2.17. The Kier molecular flexibility index (Phi) is 6.48. The van der Waals surface area contributed by atoms with Crippen LogP contribution in [0.2, 0.25) is 0 Å². The highest BCUT2D eigenvalue weighted by atomic mass is 16.5. The minimum absolute atomic E-state index is 0.0476. The number of benzene rings is 2. The van der Waals surface area contributed by atoms with Crippen LogP contribution in [0.1, 0.15) is 18.1 Å². The maximum Gasteiger partial charge on any atom is 0.191 e. The number of guanidine groups is 1. The normalized spacial score (nSPS) is 12.6. The molecule has 0 saturated heterocycles. The summed E-state index contributed by atoms with van der Waals surface area (Å²) in [7, 11) is 1.77. The Bertz CT molecular complexity index is 626. The van der Waals surface area contributed by atoms with Gasteiger partial charge in [0.2, 0.25) is 0 Å². The number of hydrogen-bond acceptors (Lipinski definition) is 2. The number of aryl methyl sites for hydroxylation is 1. The van der Waals surface area contributed by atoms with Crippen molar-refractivity contribution in [3.8, 4) is 5.75 Å². The highest BCUT2D eigenvalue weighted by molar-refractivity contribution is 5.79. The molecule has 0 fully saturated rings.